The second-order valence-corrected chi connectivity index (χ2v) is 13.9. The van der Waals surface area contributed by atoms with E-state index in [1.165, 1.54) is 5.69 Å². The molecule has 0 amide bonds. The van der Waals surface area contributed by atoms with Gasteiger partial charge in [-0.25, -0.2) is 13.4 Å². The van der Waals surface area contributed by atoms with Crippen LogP contribution in [0.4, 0.5) is 34.3 Å². The average molecular weight is 551 g/mol. The van der Waals surface area contributed by atoms with Crippen molar-refractivity contribution in [2.75, 3.05) is 53.5 Å². The van der Waals surface area contributed by atoms with E-state index in [0.717, 1.165) is 59.3 Å². The molecule has 0 aliphatic carbocycles. The number of rotatable bonds is 7. The van der Waals surface area contributed by atoms with Crippen molar-refractivity contribution in [2.24, 2.45) is 0 Å². The predicted octanol–water partition coefficient (Wildman–Crippen LogP) is 6.08. The number of nitrogens with one attached hydrogen (secondary N) is 3. The summed E-state index contributed by atoms with van der Waals surface area (Å²) in [6.07, 6.45) is 0. The molecule has 5 rings (SSSR count). The smallest absolute Gasteiger partial charge is 0.237 e. The van der Waals surface area contributed by atoms with Crippen LogP contribution >= 0.6 is 11.3 Å². The number of aromatic nitrogens is 1. The molecule has 1 fully saturated rings. The minimum atomic E-state index is -3.52. The fraction of sp³-hybridized carbons (Fsp3) is 0.321. The van der Waals surface area contributed by atoms with Gasteiger partial charge in [-0.2, -0.15) is 0 Å². The fourth-order valence-electron chi connectivity index (χ4n) is 4.21. The Morgan fingerprint density at radius 2 is 1.58 bits per heavy atom. The molecule has 0 saturated carbocycles. The lowest BCUT2D eigenvalue weighted by Crippen LogP contribution is -2.44. The van der Waals surface area contributed by atoms with Crippen molar-refractivity contribution < 1.29 is 8.42 Å². The first-order valence-corrected chi connectivity index (χ1v) is 15.0. The van der Waals surface area contributed by atoms with Crippen molar-refractivity contribution in [1.29, 1.82) is 0 Å². The van der Waals surface area contributed by atoms with Crippen LogP contribution in [0, 0.1) is 0 Å². The summed E-state index contributed by atoms with van der Waals surface area (Å²) in [5, 5.41) is 8.93. The Bertz CT molecular complexity index is 1520. The summed E-state index contributed by atoms with van der Waals surface area (Å²) < 4.78 is 28.1. The van der Waals surface area contributed by atoms with E-state index in [1.807, 2.05) is 29.6 Å². The van der Waals surface area contributed by atoms with Crippen molar-refractivity contribution in [3.05, 3.63) is 66.0 Å². The highest BCUT2D eigenvalue weighted by atomic mass is 32.2. The molecule has 0 radical (unpaired) electrons. The van der Waals surface area contributed by atoms with E-state index in [9.17, 15) is 8.42 Å². The van der Waals surface area contributed by atoms with Gasteiger partial charge in [-0.05, 0) is 81.7 Å². The molecule has 3 heterocycles. The lowest BCUT2D eigenvalue weighted by molar-refractivity contribution is 0.313. The van der Waals surface area contributed by atoms with Gasteiger partial charge < -0.3 is 20.4 Å². The first kappa shape index (κ1) is 26.3. The van der Waals surface area contributed by atoms with Gasteiger partial charge in [0.25, 0.3) is 0 Å². The number of likely N-dealkylation sites (N-methyl/N-ethyl adjacent to an activating group) is 1. The summed E-state index contributed by atoms with van der Waals surface area (Å²) in [6, 6.07) is 19.8. The molecule has 38 heavy (non-hydrogen) atoms. The maximum atomic E-state index is 12.6. The number of anilines is 6. The molecule has 1 aliphatic heterocycles. The van der Waals surface area contributed by atoms with E-state index >= 15 is 0 Å². The molecule has 0 spiro atoms. The number of benzene rings is 2. The molecule has 8 nitrogen and oxygen atoms in total. The Hall–Kier alpha value is -3.34. The number of sulfonamides is 1. The van der Waals surface area contributed by atoms with Crippen LogP contribution < -0.4 is 20.3 Å². The van der Waals surface area contributed by atoms with Gasteiger partial charge in [0.1, 0.15) is 5.82 Å². The standard InChI is InChI=1S/C28H34N6O2S2/c1-28(2,3)38(35,36)32-22-7-5-6-21(18-22)29-25-19-26(31-24-12-17-37-27(24)25)30-20-8-10-23(11-9-20)34-15-13-33(4)14-16-34/h5-12,17-19,32H,13-16H2,1-4H3,(H2,29,30,31). The third-order valence-corrected chi connectivity index (χ3v) is 9.67. The number of piperazine rings is 1. The Labute approximate surface area is 228 Å². The minimum absolute atomic E-state index is 0.514. The summed E-state index contributed by atoms with van der Waals surface area (Å²) in [5.74, 6) is 0.732. The van der Waals surface area contributed by atoms with Crippen LogP contribution in [0.1, 0.15) is 20.8 Å². The molecule has 1 aliphatic rings. The van der Waals surface area contributed by atoms with Crippen molar-refractivity contribution in [3.8, 4) is 0 Å². The Morgan fingerprint density at radius 1 is 0.868 bits per heavy atom. The van der Waals surface area contributed by atoms with E-state index < -0.39 is 14.8 Å². The van der Waals surface area contributed by atoms with Crippen LogP contribution in [0.15, 0.2) is 66.0 Å². The highest BCUT2D eigenvalue weighted by molar-refractivity contribution is 7.94. The number of pyridine rings is 1. The highest BCUT2D eigenvalue weighted by Crippen LogP contribution is 2.34. The molecule has 200 valence electrons. The molecule has 0 bridgehead atoms. The molecule has 10 heteroatoms. The van der Waals surface area contributed by atoms with E-state index in [1.54, 1.807) is 44.2 Å². The second-order valence-electron chi connectivity index (χ2n) is 10.6. The van der Waals surface area contributed by atoms with Gasteiger partial charge >= 0.3 is 0 Å². The van der Waals surface area contributed by atoms with E-state index in [4.69, 9.17) is 4.98 Å². The summed E-state index contributed by atoms with van der Waals surface area (Å²) in [5.41, 5.74) is 5.28. The zero-order valence-corrected chi connectivity index (χ0v) is 23.8. The van der Waals surface area contributed by atoms with Crippen LogP contribution in [0.5, 0.6) is 0 Å². The number of hydrogen-bond acceptors (Lipinski definition) is 8. The number of fused-ring (bicyclic) bond motifs is 1. The average Bonchev–Trinajstić information content (AvgIpc) is 3.33. The van der Waals surface area contributed by atoms with Crippen molar-refractivity contribution in [1.82, 2.24) is 9.88 Å². The molecular formula is C28H34N6O2S2. The van der Waals surface area contributed by atoms with Gasteiger partial charge in [0.15, 0.2) is 0 Å². The van der Waals surface area contributed by atoms with Gasteiger partial charge in [0.2, 0.25) is 10.0 Å². The zero-order valence-electron chi connectivity index (χ0n) is 22.2. The van der Waals surface area contributed by atoms with Gasteiger partial charge in [-0.3, -0.25) is 4.72 Å². The van der Waals surface area contributed by atoms with Crippen LogP contribution in [-0.2, 0) is 10.0 Å². The van der Waals surface area contributed by atoms with Crippen LogP contribution in [0.3, 0.4) is 0 Å². The molecule has 2 aromatic carbocycles. The van der Waals surface area contributed by atoms with Gasteiger partial charge in [0, 0.05) is 49.3 Å². The first-order chi connectivity index (χ1) is 18.1. The van der Waals surface area contributed by atoms with Crippen LogP contribution in [0.25, 0.3) is 10.2 Å². The lowest BCUT2D eigenvalue weighted by Gasteiger charge is -2.34. The quantitative estimate of drug-likeness (QED) is 0.257. The normalized spacial score (nSPS) is 15.0. The molecular weight excluding hydrogens is 516 g/mol. The molecule has 0 unspecified atom stereocenters. The monoisotopic (exact) mass is 550 g/mol. The highest BCUT2D eigenvalue weighted by Gasteiger charge is 2.28. The molecule has 0 atom stereocenters. The van der Waals surface area contributed by atoms with Gasteiger partial charge in [0.05, 0.1) is 26.3 Å². The van der Waals surface area contributed by atoms with Gasteiger partial charge in [-0.1, -0.05) is 6.07 Å². The topological polar surface area (TPSA) is 89.6 Å². The molecule has 3 N–H and O–H groups in total. The number of hydrogen-bond donors (Lipinski definition) is 3. The number of thiophene rings is 1. The molecule has 1 saturated heterocycles. The maximum Gasteiger partial charge on any atom is 0.237 e. The zero-order chi connectivity index (χ0) is 26.9. The third-order valence-electron chi connectivity index (χ3n) is 6.62. The predicted molar refractivity (Wildman–Crippen MR) is 161 cm³/mol. The Kier molecular flexibility index (Phi) is 7.21. The maximum absolute atomic E-state index is 12.6. The summed E-state index contributed by atoms with van der Waals surface area (Å²) in [4.78, 5) is 9.56. The first-order valence-electron chi connectivity index (χ1n) is 12.7. The largest absolute Gasteiger partial charge is 0.369 e. The summed E-state index contributed by atoms with van der Waals surface area (Å²) in [7, 11) is -1.36. The van der Waals surface area contributed by atoms with E-state index in [-0.39, 0.29) is 0 Å². The molecule has 4 aromatic rings. The summed E-state index contributed by atoms with van der Waals surface area (Å²) >= 11 is 1.61. The van der Waals surface area contributed by atoms with Gasteiger partial charge in [-0.15, -0.1) is 11.3 Å². The molecule has 2 aromatic heterocycles. The summed E-state index contributed by atoms with van der Waals surface area (Å²) in [6.45, 7) is 9.25. The van der Waals surface area contributed by atoms with E-state index in [0.29, 0.717) is 5.69 Å². The second kappa shape index (κ2) is 10.4. The Balaban J connectivity index is 1.35. The number of nitrogens with zero attached hydrogens (tertiary/aromatic N) is 3. The van der Waals surface area contributed by atoms with Crippen molar-refractivity contribution in [3.63, 3.8) is 0 Å². The SMILES string of the molecule is CN1CCN(c2ccc(Nc3cc(Nc4cccc(NS(=O)(=O)C(C)(C)C)c4)c4sccc4n3)cc2)CC1. The van der Waals surface area contributed by atoms with Crippen LogP contribution in [-0.4, -0.2) is 56.3 Å². The third kappa shape index (κ3) is 5.87. The van der Waals surface area contributed by atoms with Crippen molar-refractivity contribution >= 4 is 65.8 Å². The lowest BCUT2D eigenvalue weighted by atomic mass is 10.2. The van der Waals surface area contributed by atoms with E-state index in [2.05, 4.69) is 56.5 Å². The fourth-order valence-corrected chi connectivity index (χ4v) is 5.75. The van der Waals surface area contributed by atoms with Crippen molar-refractivity contribution in [2.45, 2.75) is 25.5 Å². The van der Waals surface area contributed by atoms with Crippen LogP contribution in [0.2, 0.25) is 0 Å². The Morgan fingerprint density at radius 3 is 2.29 bits per heavy atom. The minimum Gasteiger partial charge on any atom is -0.369 e.